The molecule has 26 heavy (non-hydrogen) atoms. The van der Waals surface area contributed by atoms with Crippen molar-refractivity contribution in [2.24, 2.45) is 0 Å². The molecule has 0 aliphatic heterocycles. The Bertz CT molecular complexity index is 952. The fourth-order valence-corrected chi connectivity index (χ4v) is 2.73. The van der Waals surface area contributed by atoms with Gasteiger partial charge in [0.25, 0.3) is 0 Å². The summed E-state index contributed by atoms with van der Waals surface area (Å²) in [5, 5.41) is 3.93. The van der Waals surface area contributed by atoms with E-state index >= 15 is 0 Å². The van der Waals surface area contributed by atoms with Crippen LogP contribution in [0.3, 0.4) is 0 Å². The Kier molecular flexibility index (Phi) is 4.78. The van der Waals surface area contributed by atoms with Gasteiger partial charge in [-0.15, -0.1) is 13.2 Å². The van der Waals surface area contributed by atoms with Gasteiger partial charge in [-0.2, -0.15) is 0 Å². The number of halogens is 4. The summed E-state index contributed by atoms with van der Waals surface area (Å²) in [5.41, 5.74) is 2.53. The van der Waals surface area contributed by atoms with Gasteiger partial charge in [0.15, 0.2) is 0 Å². The molecule has 3 rings (SSSR count). The minimum Gasteiger partial charge on any atom is -0.404 e. The van der Waals surface area contributed by atoms with Gasteiger partial charge in [0.05, 0.1) is 23.5 Å². The summed E-state index contributed by atoms with van der Waals surface area (Å²) in [6, 6.07) is 7.90. The maximum Gasteiger partial charge on any atom is 0.573 e. The number of alkyl halides is 3. The maximum absolute atomic E-state index is 12.2. The van der Waals surface area contributed by atoms with E-state index in [9.17, 15) is 18.0 Å². The van der Waals surface area contributed by atoms with Crippen LogP contribution in [0.4, 0.5) is 13.2 Å². The molecular formula is C17H13ClF3N3O2. The smallest absolute Gasteiger partial charge is 0.404 e. The van der Waals surface area contributed by atoms with Gasteiger partial charge in [0.2, 0.25) is 5.91 Å². The Hall–Kier alpha value is -2.74. The normalized spacial score (nSPS) is 11.6. The lowest BCUT2D eigenvalue weighted by molar-refractivity contribution is -0.274. The number of aromatic nitrogens is 2. The summed E-state index contributed by atoms with van der Waals surface area (Å²) in [6.45, 7) is 1.77. The lowest BCUT2D eigenvalue weighted by atomic mass is 10.1. The highest BCUT2D eigenvalue weighted by Gasteiger charge is 2.31. The molecule has 2 heterocycles. The number of rotatable bonds is 4. The number of benzene rings is 1. The number of amides is 1. The van der Waals surface area contributed by atoms with Crippen molar-refractivity contribution >= 4 is 28.4 Å². The number of ether oxygens (including phenoxy) is 1. The molecule has 3 aromatic rings. The molecule has 0 saturated heterocycles. The van der Waals surface area contributed by atoms with Gasteiger partial charge in [0.1, 0.15) is 5.75 Å². The van der Waals surface area contributed by atoms with E-state index in [-0.39, 0.29) is 5.91 Å². The zero-order chi connectivity index (χ0) is 18.9. The second-order valence-electron chi connectivity index (χ2n) is 5.55. The number of nitrogens with zero attached hydrogens (tertiary/aromatic N) is 1. The zero-order valence-electron chi connectivity index (χ0n) is 13.4. The van der Waals surface area contributed by atoms with Gasteiger partial charge >= 0.3 is 6.36 Å². The highest BCUT2D eigenvalue weighted by atomic mass is 35.5. The molecule has 0 spiro atoms. The summed E-state index contributed by atoms with van der Waals surface area (Å²) in [5.74, 6) is -0.552. The van der Waals surface area contributed by atoms with Crippen molar-refractivity contribution in [3.8, 4) is 17.0 Å². The molecule has 0 aliphatic carbocycles. The molecule has 136 valence electrons. The highest BCUT2D eigenvalue weighted by Crippen LogP contribution is 2.32. The Balaban J connectivity index is 1.89. The first kappa shape index (κ1) is 18.1. The van der Waals surface area contributed by atoms with Crippen LogP contribution in [0.1, 0.15) is 12.6 Å². The Morgan fingerprint density at radius 3 is 2.69 bits per heavy atom. The number of nitrogens with one attached hydrogen (secondary N) is 2. The van der Waals surface area contributed by atoms with Crippen molar-refractivity contribution in [1.29, 1.82) is 0 Å². The van der Waals surface area contributed by atoms with Gasteiger partial charge in [-0.05, 0) is 30.3 Å². The number of carbonyl (C=O) groups is 1. The molecule has 0 atom stereocenters. The number of H-pyrrole nitrogens is 1. The number of fused-ring (bicyclic) bond motifs is 1. The van der Waals surface area contributed by atoms with Crippen molar-refractivity contribution in [3.05, 3.63) is 47.2 Å². The van der Waals surface area contributed by atoms with Crippen molar-refractivity contribution in [2.75, 3.05) is 0 Å². The number of aromatic amines is 1. The summed E-state index contributed by atoms with van der Waals surface area (Å²) < 4.78 is 40.5. The summed E-state index contributed by atoms with van der Waals surface area (Å²) in [6.07, 6.45) is -3.78. The molecule has 0 bridgehead atoms. The van der Waals surface area contributed by atoms with Crippen LogP contribution in [0.15, 0.2) is 36.5 Å². The van der Waals surface area contributed by atoms with E-state index in [2.05, 4.69) is 20.0 Å². The second kappa shape index (κ2) is 6.87. The topological polar surface area (TPSA) is 67.0 Å². The molecule has 0 unspecified atom stereocenters. The SMILES string of the molecule is CC(=O)NCc1cc2cc(Cl)c(-c3ccc(OC(F)(F)F)cn3)cc2[nH]1. The molecule has 0 radical (unpaired) electrons. The van der Waals surface area contributed by atoms with Crippen molar-refractivity contribution < 1.29 is 22.7 Å². The molecule has 0 saturated carbocycles. The van der Waals surface area contributed by atoms with E-state index in [4.69, 9.17) is 11.6 Å². The number of carbonyl (C=O) groups excluding carboxylic acids is 1. The average Bonchev–Trinajstić information content (AvgIpc) is 2.93. The van der Waals surface area contributed by atoms with Crippen molar-refractivity contribution in [1.82, 2.24) is 15.3 Å². The molecule has 0 aliphatic rings. The monoisotopic (exact) mass is 383 g/mol. The second-order valence-corrected chi connectivity index (χ2v) is 5.96. The van der Waals surface area contributed by atoms with Crippen LogP contribution < -0.4 is 10.1 Å². The van der Waals surface area contributed by atoms with Gasteiger partial charge in [-0.3, -0.25) is 9.78 Å². The van der Waals surface area contributed by atoms with Crippen LogP contribution in [0.5, 0.6) is 5.75 Å². The van der Waals surface area contributed by atoms with Crippen LogP contribution in [0.25, 0.3) is 22.2 Å². The van der Waals surface area contributed by atoms with Gasteiger partial charge in [-0.1, -0.05) is 11.6 Å². The Morgan fingerprint density at radius 2 is 2.08 bits per heavy atom. The molecule has 2 aromatic heterocycles. The van der Waals surface area contributed by atoms with E-state index < -0.39 is 12.1 Å². The third-order valence-corrected chi connectivity index (χ3v) is 3.85. The first-order valence-corrected chi connectivity index (χ1v) is 7.87. The molecule has 0 fully saturated rings. The quantitative estimate of drug-likeness (QED) is 0.701. The van der Waals surface area contributed by atoms with E-state index in [0.717, 1.165) is 22.8 Å². The summed E-state index contributed by atoms with van der Waals surface area (Å²) in [4.78, 5) is 18.1. The number of pyridine rings is 1. The fraction of sp³-hybridized carbons (Fsp3) is 0.176. The summed E-state index contributed by atoms with van der Waals surface area (Å²) in [7, 11) is 0. The molecular weight excluding hydrogens is 371 g/mol. The van der Waals surface area contributed by atoms with E-state index in [1.807, 2.05) is 6.07 Å². The molecule has 1 amide bonds. The average molecular weight is 384 g/mol. The minimum atomic E-state index is -4.77. The van der Waals surface area contributed by atoms with Gasteiger partial charge < -0.3 is 15.0 Å². The molecule has 5 nitrogen and oxygen atoms in total. The first-order valence-electron chi connectivity index (χ1n) is 7.49. The molecule has 9 heteroatoms. The minimum absolute atomic E-state index is 0.146. The van der Waals surface area contributed by atoms with Crippen LogP contribution >= 0.6 is 11.6 Å². The summed E-state index contributed by atoms with van der Waals surface area (Å²) >= 11 is 6.29. The molecule has 2 N–H and O–H groups in total. The van der Waals surface area contributed by atoms with Crippen LogP contribution in [-0.4, -0.2) is 22.2 Å². The lowest BCUT2D eigenvalue weighted by Crippen LogP contribution is -2.18. The Labute approximate surface area is 151 Å². The highest BCUT2D eigenvalue weighted by molar-refractivity contribution is 6.34. The predicted molar refractivity (Wildman–Crippen MR) is 90.7 cm³/mol. The third-order valence-electron chi connectivity index (χ3n) is 3.54. The zero-order valence-corrected chi connectivity index (χ0v) is 14.2. The van der Waals surface area contributed by atoms with Crippen LogP contribution in [0.2, 0.25) is 5.02 Å². The maximum atomic E-state index is 12.2. The standard InChI is InChI=1S/C17H13ClF3N3O2/c1-9(25)22-7-11-4-10-5-14(18)13(6-16(10)24-11)15-3-2-12(8-23-15)26-17(19,20)21/h2-6,8,24H,7H2,1H3,(H,22,25). The van der Waals surface area contributed by atoms with Crippen LogP contribution in [-0.2, 0) is 11.3 Å². The lowest BCUT2D eigenvalue weighted by Gasteiger charge is -2.09. The number of hydrogen-bond acceptors (Lipinski definition) is 3. The molecule has 1 aromatic carbocycles. The largest absolute Gasteiger partial charge is 0.573 e. The van der Waals surface area contributed by atoms with E-state index in [0.29, 0.717) is 22.8 Å². The van der Waals surface area contributed by atoms with E-state index in [1.165, 1.54) is 19.1 Å². The Morgan fingerprint density at radius 1 is 1.31 bits per heavy atom. The first-order chi connectivity index (χ1) is 12.2. The van der Waals surface area contributed by atoms with Crippen molar-refractivity contribution in [2.45, 2.75) is 19.8 Å². The third kappa shape index (κ3) is 4.26. The van der Waals surface area contributed by atoms with Crippen molar-refractivity contribution in [3.63, 3.8) is 0 Å². The fourth-order valence-electron chi connectivity index (χ4n) is 2.46. The van der Waals surface area contributed by atoms with E-state index in [1.54, 1.807) is 12.1 Å². The number of hydrogen-bond donors (Lipinski definition) is 2. The van der Waals surface area contributed by atoms with Gasteiger partial charge in [-0.25, -0.2) is 0 Å². The van der Waals surface area contributed by atoms with Gasteiger partial charge in [0, 0.05) is 29.1 Å². The predicted octanol–water partition coefficient (Wildman–Crippen LogP) is 4.42. The van der Waals surface area contributed by atoms with Crippen LogP contribution in [0, 0.1) is 0 Å².